The van der Waals surface area contributed by atoms with E-state index in [1.165, 1.54) is 11.4 Å². The van der Waals surface area contributed by atoms with Gasteiger partial charge in [0.1, 0.15) is 11.5 Å². The zero-order chi connectivity index (χ0) is 25.9. The first-order valence-corrected chi connectivity index (χ1v) is 13.3. The highest BCUT2D eigenvalue weighted by Crippen LogP contribution is 2.61. The molecule has 0 spiro atoms. The Morgan fingerprint density at radius 3 is 2.51 bits per heavy atom. The maximum atomic E-state index is 14.1. The number of fused-ring (bicyclic) bond motifs is 4. The molecule has 0 bridgehead atoms. The van der Waals surface area contributed by atoms with E-state index in [-0.39, 0.29) is 18.2 Å². The molecule has 3 aliphatic heterocycles. The third-order valence-corrected chi connectivity index (χ3v) is 9.14. The molecule has 0 aliphatic carbocycles. The van der Waals surface area contributed by atoms with E-state index in [9.17, 15) is 13.2 Å². The minimum Gasteiger partial charge on any atom is -0.468 e. The number of rotatable bonds is 4. The number of hydrogen-bond donors (Lipinski definition) is 0. The highest BCUT2D eigenvalue weighted by atomic mass is 32.2. The Labute approximate surface area is 215 Å². The first kappa shape index (κ1) is 23.8. The van der Waals surface area contributed by atoms with Crippen LogP contribution in [0.15, 0.2) is 71.6 Å². The number of carbonyl (C=O) groups excluding carboxylic acids is 1. The average Bonchev–Trinajstić information content (AvgIpc) is 3.50. The standard InChI is InChI=1S/C27H26N2O7S/c1-17-8-11-19(12-9-17)37(31,32)29-15-27(26(30)33-3)24(20-6-4-5-7-21(20)29)28(2)36-25(27)18-10-13-22-23(14-18)35-16-34-22/h4-14,24-25H,15-16H2,1-3H3/t24-,25+,27-/m1/s1. The van der Waals surface area contributed by atoms with Gasteiger partial charge in [0.15, 0.2) is 11.5 Å². The molecule has 3 aromatic rings. The fourth-order valence-corrected chi connectivity index (χ4v) is 7.20. The molecular weight excluding hydrogens is 496 g/mol. The fraction of sp³-hybridized carbons (Fsp3) is 0.296. The minimum absolute atomic E-state index is 0.102. The fourth-order valence-electron chi connectivity index (χ4n) is 5.66. The Hall–Kier alpha value is -3.60. The largest absolute Gasteiger partial charge is 0.468 e. The van der Waals surface area contributed by atoms with Crippen LogP contribution < -0.4 is 13.8 Å². The molecule has 6 rings (SSSR count). The molecule has 192 valence electrons. The molecule has 3 aliphatic rings. The summed E-state index contributed by atoms with van der Waals surface area (Å²) in [5.74, 6) is 0.562. The second kappa shape index (κ2) is 8.47. The lowest BCUT2D eigenvalue weighted by molar-refractivity contribution is -0.160. The van der Waals surface area contributed by atoms with Gasteiger partial charge in [-0.2, -0.15) is 5.06 Å². The van der Waals surface area contributed by atoms with Gasteiger partial charge in [-0.3, -0.25) is 13.9 Å². The number of hydrogen-bond acceptors (Lipinski definition) is 8. The lowest BCUT2D eigenvalue weighted by Gasteiger charge is -2.45. The molecule has 3 heterocycles. The molecule has 0 unspecified atom stereocenters. The van der Waals surface area contributed by atoms with Gasteiger partial charge in [0, 0.05) is 7.05 Å². The molecule has 0 saturated carbocycles. The van der Waals surface area contributed by atoms with Gasteiger partial charge in [0.05, 0.1) is 30.3 Å². The van der Waals surface area contributed by atoms with E-state index in [0.29, 0.717) is 28.3 Å². The van der Waals surface area contributed by atoms with Gasteiger partial charge in [-0.15, -0.1) is 0 Å². The van der Waals surface area contributed by atoms with Crippen molar-refractivity contribution >= 4 is 21.7 Å². The number of benzene rings is 3. The Morgan fingerprint density at radius 2 is 1.76 bits per heavy atom. The molecule has 10 heteroatoms. The van der Waals surface area contributed by atoms with E-state index in [2.05, 4.69) is 0 Å². The third kappa shape index (κ3) is 3.43. The van der Waals surface area contributed by atoms with Gasteiger partial charge >= 0.3 is 5.97 Å². The van der Waals surface area contributed by atoms with Crippen LogP contribution in [0, 0.1) is 12.3 Å². The molecule has 3 atom stereocenters. The predicted molar refractivity (Wildman–Crippen MR) is 133 cm³/mol. The summed E-state index contributed by atoms with van der Waals surface area (Å²) in [5.41, 5.74) is 1.33. The maximum absolute atomic E-state index is 14.1. The minimum atomic E-state index is -4.04. The van der Waals surface area contributed by atoms with Crippen LogP contribution in [0.2, 0.25) is 0 Å². The van der Waals surface area contributed by atoms with Crippen molar-refractivity contribution in [1.82, 2.24) is 5.06 Å². The van der Waals surface area contributed by atoms with Crippen molar-refractivity contribution in [1.29, 1.82) is 0 Å². The van der Waals surface area contributed by atoms with Crippen LogP contribution in [0.25, 0.3) is 0 Å². The lowest BCUT2D eigenvalue weighted by atomic mass is 9.69. The summed E-state index contributed by atoms with van der Waals surface area (Å²) in [6.07, 6.45) is -0.853. The summed E-state index contributed by atoms with van der Waals surface area (Å²) in [6.45, 7) is 1.82. The van der Waals surface area contributed by atoms with Crippen molar-refractivity contribution in [2.24, 2.45) is 5.41 Å². The van der Waals surface area contributed by atoms with E-state index in [1.54, 1.807) is 66.7 Å². The van der Waals surface area contributed by atoms with E-state index in [0.717, 1.165) is 5.56 Å². The van der Waals surface area contributed by atoms with Crippen LogP contribution in [0.1, 0.15) is 28.8 Å². The number of esters is 1. The highest BCUT2D eigenvalue weighted by molar-refractivity contribution is 7.92. The Bertz CT molecular complexity index is 1490. The molecule has 1 fully saturated rings. The molecular formula is C27H26N2O7S. The van der Waals surface area contributed by atoms with Crippen LogP contribution in [-0.4, -0.2) is 46.9 Å². The summed E-state index contributed by atoms with van der Waals surface area (Å²) < 4.78 is 45.8. The quantitative estimate of drug-likeness (QED) is 0.479. The maximum Gasteiger partial charge on any atom is 0.318 e. The zero-order valence-corrected chi connectivity index (χ0v) is 21.4. The number of carbonyl (C=O) groups is 1. The van der Waals surface area contributed by atoms with Crippen molar-refractivity contribution in [3.8, 4) is 11.5 Å². The summed E-state index contributed by atoms with van der Waals surface area (Å²) in [7, 11) is -0.982. The number of ether oxygens (including phenoxy) is 3. The average molecular weight is 523 g/mol. The van der Waals surface area contributed by atoms with Crippen molar-refractivity contribution < 1.29 is 32.3 Å². The number of sulfonamides is 1. The highest BCUT2D eigenvalue weighted by Gasteiger charge is 2.66. The second-order valence-electron chi connectivity index (χ2n) is 9.46. The molecule has 0 amide bonds. The van der Waals surface area contributed by atoms with Gasteiger partial charge in [0.2, 0.25) is 6.79 Å². The number of methoxy groups -OCH3 is 1. The normalized spacial score (nSPS) is 24.5. The first-order valence-electron chi connectivity index (χ1n) is 11.8. The van der Waals surface area contributed by atoms with Gasteiger partial charge in [0.25, 0.3) is 10.0 Å². The molecule has 37 heavy (non-hydrogen) atoms. The first-order chi connectivity index (χ1) is 17.8. The Balaban J connectivity index is 1.56. The SMILES string of the molecule is COC(=O)[C@]12CN(S(=O)(=O)c3ccc(C)cc3)c3ccccc3[C@H]1N(C)O[C@H]2c1ccc2c(c1)OCO2. The molecule has 1 saturated heterocycles. The summed E-state index contributed by atoms with van der Waals surface area (Å²) in [5, 5.41) is 1.63. The van der Waals surface area contributed by atoms with E-state index >= 15 is 0 Å². The van der Waals surface area contributed by atoms with Crippen molar-refractivity contribution in [3.05, 3.63) is 83.4 Å². The van der Waals surface area contributed by atoms with Gasteiger partial charge in [-0.05, 0) is 48.4 Å². The van der Waals surface area contributed by atoms with E-state index < -0.39 is 33.6 Å². The molecule has 9 nitrogen and oxygen atoms in total. The Morgan fingerprint density at radius 1 is 1.03 bits per heavy atom. The van der Waals surface area contributed by atoms with Crippen LogP contribution in [0.5, 0.6) is 11.5 Å². The van der Waals surface area contributed by atoms with Gasteiger partial charge in [-0.1, -0.05) is 42.0 Å². The van der Waals surface area contributed by atoms with Gasteiger partial charge < -0.3 is 14.2 Å². The Kier molecular flexibility index (Phi) is 5.45. The number of aryl methyl sites for hydroxylation is 1. The summed E-state index contributed by atoms with van der Waals surface area (Å²) in [4.78, 5) is 20.3. The van der Waals surface area contributed by atoms with Crippen LogP contribution >= 0.6 is 0 Å². The van der Waals surface area contributed by atoms with E-state index in [1.807, 2.05) is 19.1 Å². The topological polar surface area (TPSA) is 94.6 Å². The zero-order valence-electron chi connectivity index (χ0n) is 20.6. The molecule has 0 aromatic heterocycles. The molecule has 3 aromatic carbocycles. The number of nitrogens with zero attached hydrogens (tertiary/aromatic N) is 2. The monoisotopic (exact) mass is 522 g/mol. The van der Waals surface area contributed by atoms with E-state index in [4.69, 9.17) is 19.0 Å². The van der Waals surface area contributed by atoms with Crippen LogP contribution in [0.3, 0.4) is 0 Å². The molecule has 0 radical (unpaired) electrons. The smallest absolute Gasteiger partial charge is 0.318 e. The van der Waals surface area contributed by atoms with Crippen LogP contribution in [-0.2, 0) is 24.4 Å². The van der Waals surface area contributed by atoms with Crippen LogP contribution in [0.4, 0.5) is 5.69 Å². The predicted octanol–water partition coefficient (Wildman–Crippen LogP) is 3.75. The van der Waals surface area contributed by atoms with Crippen molar-refractivity contribution in [2.75, 3.05) is 31.8 Å². The number of hydroxylamine groups is 2. The lowest BCUT2D eigenvalue weighted by Crippen LogP contribution is -2.54. The van der Waals surface area contributed by atoms with Gasteiger partial charge in [-0.25, -0.2) is 8.42 Å². The number of anilines is 1. The third-order valence-electron chi connectivity index (χ3n) is 7.37. The van der Waals surface area contributed by atoms with Crippen molar-refractivity contribution in [2.45, 2.75) is 24.0 Å². The summed E-state index contributed by atoms with van der Waals surface area (Å²) in [6, 6.07) is 18.6. The second-order valence-corrected chi connectivity index (χ2v) is 11.3. The van der Waals surface area contributed by atoms with Crippen molar-refractivity contribution in [3.63, 3.8) is 0 Å². The number of para-hydroxylation sites is 1. The summed E-state index contributed by atoms with van der Waals surface area (Å²) >= 11 is 0. The molecule has 0 N–H and O–H groups in total.